The van der Waals surface area contributed by atoms with Gasteiger partial charge in [0.05, 0.1) is 0 Å². The molecule has 3 rings (SSSR count). The van der Waals surface area contributed by atoms with Gasteiger partial charge in [-0.3, -0.25) is 0 Å². The molecular formula is C13H15N3O. The molecule has 1 fully saturated rings. The number of nitrogen functional groups attached to an aromatic ring is 1. The minimum absolute atomic E-state index is 0.596. The maximum atomic E-state index is 5.72. The number of aryl methyl sites for hydroxylation is 1. The summed E-state index contributed by atoms with van der Waals surface area (Å²) in [6.45, 7) is 2.00. The van der Waals surface area contributed by atoms with Crippen molar-refractivity contribution in [2.75, 3.05) is 5.73 Å². The van der Waals surface area contributed by atoms with Gasteiger partial charge in [0.2, 0.25) is 0 Å². The predicted molar refractivity (Wildman–Crippen MR) is 65.3 cm³/mol. The van der Waals surface area contributed by atoms with Crippen molar-refractivity contribution in [2.45, 2.75) is 26.2 Å². The summed E-state index contributed by atoms with van der Waals surface area (Å²) in [7, 11) is 0. The fraction of sp³-hybridized carbons (Fsp3) is 0.385. The molecule has 0 atom stereocenters. The van der Waals surface area contributed by atoms with Gasteiger partial charge in [0.1, 0.15) is 0 Å². The van der Waals surface area contributed by atoms with E-state index < -0.39 is 0 Å². The van der Waals surface area contributed by atoms with Gasteiger partial charge >= 0.3 is 0 Å². The number of benzene rings is 1. The van der Waals surface area contributed by atoms with E-state index in [-0.39, 0.29) is 0 Å². The highest BCUT2D eigenvalue weighted by Gasteiger charge is 2.24. The van der Waals surface area contributed by atoms with Crippen molar-refractivity contribution in [1.82, 2.24) is 10.1 Å². The Kier molecular flexibility index (Phi) is 2.35. The quantitative estimate of drug-likeness (QED) is 0.821. The third-order valence-corrected chi connectivity index (χ3v) is 3.12. The van der Waals surface area contributed by atoms with E-state index in [1.165, 1.54) is 12.8 Å². The Morgan fingerprint density at radius 3 is 2.94 bits per heavy atom. The number of nitrogens with zero attached hydrogens (tertiary/aromatic N) is 2. The molecule has 1 heterocycles. The molecule has 1 aromatic heterocycles. The first-order valence-electron chi connectivity index (χ1n) is 5.91. The number of aromatic nitrogens is 2. The van der Waals surface area contributed by atoms with Crippen LogP contribution < -0.4 is 5.73 Å². The Bertz CT molecular complexity index is 543. The van der Waals surface area contributed by atoms with Crippen LogP contribution in [0.25, 0.3) is 11.5 Å². The van der Waals surface area contributed by atoms with Crippen LogP contribution in [0.2, 0.25) is 0 Å². The topological polar surface area (TPSA) is 64.9 Å². The van der Waals surface area contributed by atoms with Gasteiger partial charge in [0.25, 0.3) is 5.89 Å². The van der Waals surface area contributed by atoms with Gasteiger partial charge in [0.15, 0.2) is 5.82 Å². The molecule has 0 spiro atoms. The van der Waals surface area contributed by atoms with E-state index in [0.29, 0.717) is 5.89 Å². The number of anilines is 1. The zero-order valence-corrected chi connectivity index (χ0v) is 9.81. The van der Waals surface area contributed by atoms with Gasteiger partial charge < -0.3 is 10.3 Å². The molecule has 1 aliphatic carbocycles. The molecule has 4 nitrogen and oxygen atoms in total. The lowest BCUT2D eigenvalue weighted by Crippen LogP contribution is -1.91. The summed E-state index contributed by atoms with van der Waals surface area (Å²) in [6.07, 6.45) is 3.53. The van der Waals surface area contributed by atoms with Crippen molar-refractivity contribution in [3.05, 3.63) is 29.6 Å². The van der Waals surface area contributed by atoms with Crippen LogP contribution in [0.3, 0.4) is 0 Å². The first-order chi connectivity index (χ1) is 8.22. The molecule has 17 heavy (non-hydrogen) atoms. The average Bonchev–Trinajstić information content (AvgIpc) is 2.96. The second kappa shape index (κ2) is 3.87. The summed E-state index contributed by atoms with van der Waals surface area (Å²) in [5, 5.41) is 4.02. The maximum Gasteiger partial charge on any atom is 0.258 e. The van der Waals surface area contributed by atoms with E-state index in [1.54, 1.807) is 0 Å². The number of rotatable bonds is 3. The molecular weight excluding hydrogens is 214 g/mol. The molecule has 0 unspecified atom stereocenters. The normalized spacial score (nSPS) is 15.1. The van der Waals surface area contributed by atoms with Crippen LogP contribution in [0.15, 0.2) is 22.7 Å². The smallest absolute Gasteiger partial charge is 0.258 e. The SMILES string of the molecule is Cc1cc(N)ccc1-c1nc(CC2CC2)no1. The van der Waals surface area contributed by atoms with Crippen LogP contribution in [-0.2, 0) is 6.42 Å². The summed E-state index contributed by atoms with van der Waals surface area (Å²) >= 11 is 0. The lowest BCUT2D eigenvalue weighted by molar-refractivity contribution is 0.421. The minimum atomic E-state index is 0.596. The molecule has 1 aliphatic rings. The highest BCUT2D eigenvalue weighted by atomic mass is 16.5. The summed E-state index contributed by atoms with van der Waals surface area (Å²) in [6, 6.07) is 5.70. The second-order valence-corrected chi connectivity index (χ2v) is 4.74. The van der Waals surface area contributed by atoms with Crippen molar-refractivity contribution in [1.29, 1.82) is 0 Å². The molecule has 88 valence electrons. The summed E-state index contributed by atoms with van der Waals surface area (Å²) in [4.78, 5) is 4.43. The Labute approximate surface area is 99.8 Å². The number of nitrogens with two attached hydrogens (primary N) is 1. The molecule has 1 aromatic carbocycles. The Morgan fingerprint density at radius 2 is 2.24 bits per heavy atom. The Morgan fingerprint density at radius 1 is 1.41 bits per heavy atom. The average molecular weight is 229 g/mol. The van der Waals surface area contributed by atoms with Gasteiger partial charge in [0, 0.05) is 17.7 Å². The van der Waals surface area contributed by atoms with Crippen LogP contribution in [-0.4, -0.2) is 10.1 Å². The highest BCUT2D eigenvalue weighted by molar-refractivity contribution is 5.62. The maximum absolute atomic E-state index is 5.72. The van der Waals surface area contributed by atoms with Crippen molar-refractivity contribution >= 4 is 5.69 Å². The summed E-state index contributed by atoms with van der Waals surface area (Å²) < 4.78 is 5.30. The van der Waals surface area contributed by atoms with Crippen molar-refractivity contribution < 1.29 is 4.52 Å². The third-order valence-electron chi connectivity index (χ3n) is 3.12. The van der Waals surface area contributed by atoms with Crippen LogP contribution in [0.5, 0.6) is 0 Å². The fourth-order valence-electron chi connectivity index (χ4n) is 1.95. The van der Waals surface area contributed by atoms with Crippen LogP contribution in [0.4, 0.5) is 5.69 Å². The van der Waals surface area contributed by atoms with Gasteiger partial charge in [-0.1, -0.05) is 5.16 Å². The fourth-order valence-corrected chi connectivity index (χ4v) is 1.95. The lowest BCUT2D eigenvalue weighted by atomic mass is 10.1. The van der Waals surface area contributed by atoms with E-state index in [2.05, 4.69) is 10.1 Å². The van der Waals surface area contributed by atoms with Crippen LogP contribution >= 0.6 is 0 Å². The van der Waals surface area contributed by atoms with Crippen molar-refractivity contribution in [2.24, 2.45) is 5.92 Å². The molecule has 0 aliphatic heterocycles. The zero-order valence-electron chi connectivity index (χ0n) is 9.81. The third kappa shape index (κ3) is 2.16. The Balaban J connectivity index is 1.89. The largest absolute Gasteiger partial charge is 0.399 e. The van der Waals surface area contributed by atoms with E-state index in [4.69, 9.17) is 10.3 Å². The monoisotopic (exact) mass is 229 g/mol. The standard InChI is InChI=1S/C13H15N3O/c1-8-6-10(14)4-5-11(8)13-15-12(16-17-13)7-9-2-3-9/h4-6,9H,2-3,7,14H2,1H3. The van der Waals surface area contributed by atoms with Gasteiger partial charge in [-0.2, -0.15) is 4.98 Å². The lowest BCUT2D eigenvalue weighted by Gasteiger charge is -2.01. The first kappa shape index (κ1) is 10.3. The summed E-state index contributed by atoms with van der Waals surface area (Å²) in [5.74, 6) is 2.19. The van der Waals surface area contributed by atoms with E-state index in [1.807, 2.05) is 25.1 Å². The molecule has 2 aromatic rings. The molecule has 0 bridgehead atoms. The van der Waals surface area contributed by atoms with E-state index in [0.717, 1.165) is 35.0 Å². The Hall–Kier alpha value is -1.84. The predicted octanol–water partition coefficient (Wildman–Crippen LogP) is 2.58. The van der Waals surface area contributed by atoms with Gasteiger partial charge in [-0.05, 0) is 49.4 Å². The van der Waals surface area contributed by atoms with E-state index in [9.17, 15) is 0 Å². The molecule has 0 amide bonds. The molecule has 2 N–H and O–H groups in total. The summed E-state index contributed by atoms with van der Waals surface area (Å²) in [5.41, 5.74) is 8.50. The van der Waals surface area contributed by atoms with Gasteiger partial charge in [-0.25, -0.2) is 0 Å². The van der Waals surface area contributed by atoms with Crippen LogP contribution in [0.1, 0.15) is 24.2 Å². The van der Waals surface area contributed by atoms with Gasteiger partial charge in [-0.15, -0.1) is 0 Å². The van der Waals surface area contributed by atoms with Crippen molar-refractivity contribution in [3.8, 4) is 11.5 Å². The molecule has 0 saturated heterocycles. The van der Waals surface area contributed by atoms with Crippen LogP contribution in [0, 0.1) is 12.8 Å². The second-order valence-electron chi connectivity index (χ2n) is 4.74. The molecule has 1 saturated carbocycles. The first-order valence-corrected chi connectivity index (χ1v) is 5.91. The zero-order chi connectivity index (χ0) is 11.8. The minimum Gasteiger partial charge on any atom is -0.399 e. The molecule has 0 radical (unpaired) electrons. The van der Waals surface area contributed by atoms with E-state index >= 15 is 0 Å². The highest BCUT2D eigenvalue weighted by Crippen LogP contribution is 2.32. The number of hydrogen-bond donors (Lipinski definition) is 1. The number of hydrogen-bond acceptors (Lipinski definition) is 4. The van der Waals surface area contributed by atoms with Crippen molar-refractivity contribution in [3.63, 3.8) is 0 Å². The molecule has 4 heteroatoms.